The van der Waals surface area contributed by atoms with Crippen LogP contribution in [0.3, 0.4) is 0 Å². The van der Waals surface area contributed by atoms with Gasteiger partial charge in [0.2, 0.25) is 0 Å². The van der Waals surface area contributed by atoms with E-state index in [1.807, 2.05) is 0 Å². The minimum Gasteiger partial charge on any atom is -0.495 e. The summed E-state index contributed by atoms with van der Waals surface area (Å²) in [5.74, 6) is -0.365. The first-order valence-corrected chi connectivity index (χ1v) is 5.35. The number of benzene rings is 1. The summed E-state index contributed by atoms with van der Waals surface area (Å²) in [4.78, 5) is 23.0. The first kappa shape index (κ1) is 12.4. The molecule has 5 nitrogen and oxygen atoms in total. The van der Waals surface area contributed by atoms with E-state index in [9.17, 15) is 9.59 Å². The summed E-state index contributed by atoms with van der Waals surface area (Å²) < 4.78 is 14.5. The Bertz CT molecular complexity index is 674. The number of carbonyl (C=O) groups excluding carboxylic acids is 1. The van der Waals surface area contributed by atoms with Gasteiger partial charge in [-0.1, -0.05) is 11.6 Å². The van der Waals surface area contributed by atoms with Crippen molar-refractivity contribution < 1.29 is 18.7 Å². The van der Waals surface area contributed by atoms with Crippen molar-refractivity contribution >= 4 is 28.5 Å². The number of rotatable bonds is 2. The molecule has 1 heterocycles. The van der Waals surface area contributed by atoms with Gasteiger partial charge >= 0.3 is 11.6 Å². The summed E-state index contributed by atoms with van der Waals surface area (Å²) in [6.07, 6.45) is 0. The van der Waals surface area contributed by atoms with Crippen LogP contribution in [-0.4, -0.2) is 20.2 Å². The highest BCUT2D eigenvalue weighted by atomic mass is 35.5. The third-order valence-corrected chi connectivity index (χ3v) is 2.79. The molecule has 0 atom stereocenters. The molecule has 2 aromatic rings. The van der Waals surface area contributed by atoms with Crippen LogP contribution >= 0.6 is 11.6 Å². The molecule has 0 amide bonds. The molecule has 94 valence electrons. The van der Waals surface area contributed by atoms with Crippen LogP contribution in [0.15, 0.2) is 27.4 Å². The van der Waals surface area contributed by atoms with Crippen LogP contribution in [0.1, 0.15) is 10.4 Å². The minimum atomic E-state index is -0.801. The monoisotopic (exact) mass is 268 g/mol. The third kappa shape index (κ3) is 1.93. The highest BCUT2D eigenvalue weighted by Gasteiger charge is 2.16. The molecule has 0 unspecified atom stereocenters. The first-order chi connectivity index (χ1) is 8.58. The zero-order chi connectivity index (χ0) is 13.3. The molecular weight excluding hydrogens is 260 g/mol. The Morgan fingerprint density at radius 1 is 1.33 bits per heavy atom. The minimum absolute atomic E-state index is 0.175. The molecule has 0 aliphatic rings. The first-order valence-electron chi connectivity index (χ1n) is 4.97. The summed E-state index contributed by atoms with van der Waals surface area (Å²) in [5.41, 5.74) is -0.801. The van der Waals surface area contributed by atoms with Gasteiger partial charge in [0.25, 0.3) is 0 Å². The maximum Gasteiger partial charge on any atom is 0.351 e. The van der Waals surface area contributed by atoms with Gasteiger partial charge in [-0.2, -0.15) is 0 Å². The van der Waals surface area contributed by atoms with Gasteiger partial charge in [0.15, 0.2) is 5.58 Å². The fraction of sp³-hybridized carbons (Fsp3) is 0.167. The van der Waals surface area contributed by atoms with E-state index in [2.05, 4.69) is 4.74 Å². The Hall–Kier alpha value is -2.01. The smallest absolute Gasteiger partial charge is 0.351 e. The molecule has 0 radical (unpaired) electrons. The summed E-state index contributed by atoms with van der Waals surface area (Å²) >= 11 is 6.01. The second kappa shape index (κ2) is 4.70. The van der Waals surface area contributed by atoms with Crippen molar-refractivity contribution in [1.29, 1.82) is 0 Å². The lowest BCUT2D eigenvalue weighted by atomic mass is 10.2. The van der Waals surface area contributed by atoms with Gasteiger partial charge in [0.1, 0.15) is 16.3 Å². The number of hydrogen-bond acceptors (Lipinski definition) is 5. The molecule has 18 heavy (non-hydrogen) atoms. The number of halogens is 1. The maximum absolute atomic E-state index is 11.6. The molecule has 0 saturated carbocycles. The molecule has 0 bridgehead atoms. The number of ether oxygens (including phenoxy) is 2. The van der Waals surface area contributed by atoms with E-state index < -0.39 is 11.6 Å². The lowest BCUT2D eigenvalue weighted by molar-refractivity contribution is 0.0596. The molecule has 0 aliphatic carbocycles. The van der Waals surface area contributed by atoms with Crippen LogP contribution < -0.4 is 10.4 Å². The van der Waals surface area contributed by atoms with Crippen molar-refractivity contribution in [2.24, 2.45) is 0 Å². The highest BCUT2D eigenvalue weighted by Crippen LogP contribution is 2.32. The quantitative estimate of drug-likeness (QED) is 0.617. The Morgan fingerprint density at radius 3 is 2.67 bits per heavy atom. The number of fused-ring (bicyclic) bond motifs is 1. The lowest BCUT2D eigenvalue weighted by Crippen LogP contribution is -2.15. The predicted molar refractivity (Wildman–Crippen MR) is 65.4 cm³/mol. The summed E-state index contributed by atoms with van der Waals surface area (Å²) in [5, 5.41) is 0.698. The average Bonchev–Trinajstić information content (AvgIpc) is 2.38. The Morgan fingerprint density at radius 2 is 2.06 bits per heavy atom. The fourth-order valence-corrected chi connectivity index (χ4v) is 1.83. The third-order valence-electron chi connectivity index (χ3n) is 2.43. The molecular formula is C12H9ClO5. The average molecular weight is 269 g/mol. The number of hydrogen-bond donors (Lipinski definition) is 0. The van der Waals surface area contributed by atoms with Crippen molar-refractivity contribution in [3.63, 3.8) is 0 Å². The van der Waals surface area contributed by atoms with Crippen molar-refractivity contribution in [2.75, 3.05) is 14.2 Å². The molecule has 0 aliphatic heterocycles. The molecule has 1 aromatic heterocycles. The van der Waals surface area contributed by atoms with Crippen LogP contribution in [0, 0.1) is 0 Å². The normalized spacial score (nSPS) is 10.4. The Kier molecular flexibility index (Phi) is 3.25. The van der Waals surface area contributed by atoms with Crippen molar-refractivity contribution in [2.45, 2.75) is 0 Å². The van der Waals surface area contributed by atoms with E-state index in [4.69, 9.17) is 20.8 Å². The van der Waals surface area contributed by atoms with E-state index in [0.717, 1.165) is 0 Å². The largest absolute Gasteiger partial charge is 0.495 e. The van der Waals surface area contributed by atoms with E-state index >= 15 is 0 Å². The lowest BCUT2D eigenvalue weighted by Gasteiger charge is -2.06. The second-order valence-corrected chi connectivity index (χ2v) is 3.82. The summed E-state index contributed by atoms with van der Waals surface area (Å²) in [7, 11) is 2.64. The van der Waals surface area contributed by atoms with Gasteiger partial charge in [0.05, 0.1) is 14.2 Å². The van der Waals surface area contributed by atoms with Crippen LogP contribution in [0.25, 0.3) is 11.0 Å². The molecule has 1 aromatic carbocycles. The van der Waals surface area contributed by atoms with Gasteiger partial charge in [-0.3, -0.25) is 0 Å². The van der Waals surface area contributed by atoms with Crippen LogP contribution in [0.5, 0.6) is 5.75 Å². The topological polar surface area (TPSA) is 65.7 Å². The Balaban J connectivity index is 2.76. The van der Waals surface area contributed by atoms with E-state index in [1.54, 1.807) is 12.1 Å². The SMILES string of the molecule is COC(=O)c1cc2ccc(OC)c(Cl)c2oc1=O. The van der Waals surface area contributed by atoms with Crippen LogP contribution in [-0.2, 0) is 4.74 Å². The standard InChI is InChI=1S/C12H9ClO5/c1-16-8-4-3-6-5-7(11(14)17-2)12(15)18-10(6)9(8)13/h3-5H,1-2H3. The zero-order valence-corrected chi connectivity index (χ0v) is 10.4. The molecule has 0 fully saturated rings. The highest BCUT2D eigenvalue weighted by molar-refractivity contribution is 6.36. The van der Waals surface area contributed by atoms with Gasteiger partial charge < -0.3 is 13.9 Å². The van der Waals surface area contributed by atoms with Crippen molar-refractivity contribution in [3.8, 4) is 5.75 Å². The van der Waals surface area contributed by atoms with Crippen molar-refractivity contribution in [1.82, 2.24) is 0 Å². The van der Waals surface area contributed by atoms with Gasteiger partial charge in [0, 0.05) is 5.39 Å². The zero-order valence-electron chi connectivity index (χ0n) is 9.65. The van der Waals surface area contributed by atoms with Crippen LogP contribution in [0.4, 0.5) is 0 Å². The van der Waals surface area contributed by atoms with E-state index in [-0.39, 0.29) is 16.2 Å². The Labute approximate surface area is 107 Å². The predicted octanol–water partition coefficient (Wildman–Crippen LogP) is 2.24. The molecule has 0 N–H and O–H groups in total. The summed E-state index contributed by atoms with van der Waals surface area (Å²) in [6.45, 7) is 0. The molecule has 2 rings (SSSR count). The van der Waals surface area contributed by atoms with Crippen molar-refractivity contribution in [3.05, 3.63) is 39.2 Å². The maximum atomic E-state index is 11.6. The second-order valence-electron chi connectivity index (χ2n) is 3.44. The molecule has 0 saturated heterocycles. The van der Waals surface area contributed by atoms with Gasteiger partial charge in [-0.15, -0.1) is 0 Å². The van der Waals surface area contributed by atoms with Gasteiger partial charge in [-0.25, -0.2) is 9.59 Å². The molecule has 6 heteroatoms. The molecule has 0 spiro atoms. The fourth-order valence-electron chi connectivity index (χ4n) is 1.54. The number of esters is 1. The van der Waals surface area contributed by atoms with E-state index in [0.29, 0.717) is 11.1 Å². The van der Waals surface area contributed by atoms with E-state index in [1.165, 1.54) is 20.3 Å². The van der Waals surface area contributed by atoms with Crippen LogP contribution in [0.2, 0.25) is 5.02 Å². The number of carbonyl (C=O) groups is 1. The van der Waals surface area contributed by atoms with Gasteiger partial charge in [-0.05, 0) is 18.2 Å². The number of methoxy groups -OCH3 is 2. The summed E-state index contributed by atoms with van der Waals surface area (Å²) in [6, 6.07) is 4.62.